The van der Waals surface area contributed by atoms with Crippen LogP contribution in [0.3, 0.4) is 0 Å². The summed E-state index contributed by atoms with van der Waals surface area (Å²) in [7, 11) is 0. The highest BCUT2D eigenvalue weighted by molar-refractivity contribution is 5.90. The first kappa shape index (κ1) is 12.7. The van der Waals surface area contributed by atoms with E-state index in [1.54, 1.807) is 0 Å². The average molecular weight is 272 g/mol. The molecule has 0 saturated carbocycles. The number of rotatable bonds is 3. The maximum Gasteiger partial charge on any atom is 0.292 e. The van der Waals surface area contributed by atoms with E-state index in [2.05, 4.69) is 20.8 Å². The van der Waals surface area contributed by atoms with Crippen molar-refractivity contribution in [3.05, 3.63) is 41.5 Å². The van der Waals surface area contributed by atoms with E-state index in [0.29, 0.717) is 12.4 Å². The number of carbonyl (C=O) groups is 1. The van der Waals surface area contributed by atoms with E-state index >= 15 is 0 Å². The van der Waals surface area contributed by atoms with Crippen molar-refractivity contribution in [3.63, 3.8) is 0 Å². The molecule has 2 heterocycles. The summed E-state index contributed by atoms with van der Waals surface area (Å²) in [5.74, 6) is 0.339. The van der Waals surface area contributed by atoms with E-state index in [-0.39, 0.29) is 17.6 Å². The second-order valence-corrected chi connectivity index (χ2v) is 4.67. The van der Waals surface area contributed by atoms with Crippen molar-refractivity contribution < 1.29 is 9.32 Å². The number of benzene rings is 1. The molecule has 20 heavy (non-hydrogen) atoms. The number of fused-ring (bicyclic) bond motifs is 1. The first-order chi connectivity index (χ1) is 9.79. The number of aromatic nitrogens is 2. The number of carbonyl (C=O) groups excluding carboxylic acids is 1. The van der Waals surface area contributed by atoms with Gasteiger partial charge in [-0.1, -0.05) is 23.4 Å². The Kier molecular flexibility index (Phi) is 3.37. The third kappa shape index (κ3) is 2.24. The largest absolute Gasteiger partial charge is 0.385 e. The minimum absolute atomic E-state index is 0.0446. The Morgan fingerprint density at radius 2 is 2.35 bits per heavy atom. The van der Waals surface area contributed by atoms with Gasteiger partial charge in [0.2, 0.25) is 5.89 Å². The minimum atomic E-state index is -0.301. The van der Waals surface area contributed by atoms with Crippen molar-refractivity contribution in [2.24, 2.45) is 0 Å². The summed E-state index contributed by atoms with van der Waals surface area (Å²) < 4.78 is 5.28. The third-order valence-corrected chi connectivity index (χ3v) is 3.36. The van der Waals surface area contributed by atoms with Crippen LogP contribution in [0.15, 0.2) is 28.8 Å². The maximum atomic E-state index is 11.7. The van der Waals surface area contributed by atoms with Crippen LogP contribution in [0.5, 0.6) is 0 Å². The lowest BCUT2D eigenvalue weighted by Crippen LogP contribution is -2.24. The molecule has 6 heteroatoms. The lowest BCUT2D eigenvalue weighted by molar-refractivity contribution is 0.0942. The predicted molar refractivity (Wildman–Crippen MR) is 73.7 cm³/mol. The predicted octanol–water partition coefficient (Wildman–Crippen LogP) is 1.77. The molecular formula is C14H16N4O2. The molecule has 1 aromatic carbocycles. The minimum Gasteiger partial charge on any atom is -0.385 e. The van der Waals surface area contributed by atoms with Crippen molar-refractivity contribution in [1.29, 1.82) is 0 Å². The van der Waals surface area contributed by atoms with Crippen LogP contribution in [-0.2, 0) is 0 Å². The summed E-state index contributed by atoms with van der Waals surface area (Å²) in [5, 5.41) is 9.77. The highest BCUT2D eigenvalue weighted by Crippen LogP contribution is 2.35. The Bertz CT molecular complexity index is 623. The Hall–Kier alpha value is -2.37. The SMILES string of the molecule is CCNC(=O)c1noc(C2CCNc3ccccc32)n1. The van der Waals surface area contributed by atoms with Crippen molar-refractivity contribution in [2.75, 3.05) is 18.4 Å². The average Bonchev–Trinajstić information content (AvgIpc) is 2.97. The van der Waals surface area contributed by atoms with Crippen LogP contribution in [0, 0.1) is 0 Å². The van der Waals surface area contributed by atoms with Crippen LogP contribution >= 0.6 is 0 Å². The van der Waals surface area contributed by atoms with Crippen LogP contribution in [0.2, 0.25) is 0 Å². The van der Waals surface area contributed by atoms with Crippen LogP contribution in [-0.4, -0.2) is 29.1 Å². The monoisotopic (exact) mass is 272 g/mol. The Balaban J connectivity index is 1.89. The van der Waals surface area contributed by atoms with E-state index in [4.69, 9.17) is 4.52 Å². The molecule has 0 spiro atoms. The summed E-state index contributed by atoms with van der Waals surface area (Å²) in [6.07, 6.45) is 0.869. The van der Waals surface area contributed by atoms with Crippen LogP contribution < -0.4 is 10.6 Å². The number of nitrogens with one attached hydrogen (secondary N) is 2. The molecule has 0 aliphatic carbocycles. The summed E-state index contributed by atoms with van der Waals surface area (Å²) in [5.41, 5.74) is 2.21. The van der Waals surface area contributed by atoms with Crippen molar-refractivity contribution in [3.8, 4) is 0 Å². The summed E-state index contributed by atoms with van der Waals surface area (Å²) >= 11 is 0. The fraction of sp³-hybridized carbons (Fsp3) is 0.357. The second kappa shape index (κ2) is 5.32. The molecule has 0 radical (unpaired) electrons. The molecule has 2 aromatic rings. The Morgan fingerprint density at radius 3 is 3.20 bits per heavy atom. The summed E-state index contributed by atoms with van der Waals surface area (Å²) in [6, 6.07) is 8.05. The van der Waals surface area contributed by atoms with E-state index in [9.17, 15) is 4.79 Å². The number of anilines is 1. The Labute approximate surface area is 116 Å². The molecule has 1 aliphatic rings. The quantitative estimate of drug-likeness (QED) is 0.890. The zero-order valence-corrected chi connectivity index (χ0v) is 11.2. The van der Waals surface area contributed by atoms with E-state index in [1.807, 2.05) is 31.2 Å². The van der Waals surface area contributed by atoms with Crippen molar-refractivity contribution in [1.82, 2.24) is 15.5 Å². The molecule has 3 rings (SSSR count). The molecule has 1 aromatic heterocycles. The number of para-hydroxylation sites is 1. The first-order valence-corrected chi connectivity index (χ1v) is 6.74. The topological polar surface area (TPSA) is 80.0 Å². The van der Waals surface area contributed by atoms with E-state index in [0.717, 1.165) is 24.2 Å². The van der Waals surface area contributed by atoms with Crippen molar-refractivity contribution in [2.45, 2.75) is 19.3 Å². The highest BCUT2D eigenvalue weighted by Gasteiger charge is 2.27. The molecule has 6 nitrogen and oxygen atoms in total. The van der Waals surface area contributed by atoms with Gasteiger partial charge in [0.15, 0.2) is 0 Å². The van der Waals surface area contributed by atoms with Gasteiger partial charge < -0.3 is 15.2 Å². The van der Waals surface area contributed by atoms with Crippen LogP contribution in [0.1, 0.15) is 41.3 Å². The molecule has 1 atom stereocenters. The molecule has 0 saturated heterocycles. The molecule has 0 bridgehead atoms. The van der Waals surface area contributed by atoms with E-state index in [1.165, 1.54) is 0 Å². The summed E-state index contributed by atoms with van der Waals surface area (Å²) in [4.78, 5) is 15.9. The second-order valence-electron chi connectivity index (χ2n) is 4.67. The molecule has 1 aliphatic heterocycles. The van der Waals surface area contributed by atoms with Gasteiger partial charge in [0, 0.05) is 18.8 Å². The molecule has 2 N–H and O–H groups in total. The molecule has 1 amide bonds. The number of amides is 1. The van der Waals surface area contributed by atoms with Gasteiger partial charge in [0.1, 0.15) is 0 Å². The van der Waals surface area contributed by atoms with Gasteiger partial charge in [-0.3, -0.25) is 4.79 Å². The number of nitrogens with zero attached hydrogens (tertiary/aromatic N) is 2. The zero-order chi connectivity index (χ0) is 13.9. The first-order valence-electron chi connectivity index (χ1n) is 6.74. The fourth-order valence-corrected chi connectivity index (χ4v) is 2.43. The zero-order valence-electron chi connectivity index (χ0n) is 11.2. The van der Waals surface area contributed by atoms with Gasteiger partial charge in [-0.25, -0.2) is 0 Å². The lowest BCUT2D eigenvalue weighted by Gasteiger charge is -2.23. The standard InChI is InChI=1S/C14H16N4O2/c1-2-15-13(19)12-17-14(20-18-12)10-7-8-16-11-6-4-3-5-9(10)11/h3-6,10,16H,2,7-8H2,1H3,(H,15,19). The van der Waals surface area contributed by atoms with Crippen LogP contribution in [0.25, 0.3) is 0 Å². The van der Waals surface area contributed by atoms with Gasteiger partial charge in [-0.05, 0) is 25.0 Å². The van der Waals surface area contributed by atoms with Gasteiger partial charge >= 0.3 is 0 Å². The van der Waals surface area contributed by atoms with Gasteiger partial charge in [-0.2, -0.15) is 4.98 Å². The summed E-state index contributed by atoms with van der Waals surface area (Å²) in [6.45, 7) is 3.24. The molecule has 104 valence electrons. The van der Waals surface area contributed by atoms with E-state index < -0.39 is 0 Å². The maximum absolute atomic E-state index is 11.7. The third-order valence-electron chi connectivity index (χ3n) is 3.36. The van der Waals surface area contributed by atoms with Crippen LogP contribution in [0.4, 0.5) is 5.69 Å². The van der Waals surface area contributed by atoms with Gasteiger partial charge in [-0.15, -0.1) is 0 Å². The Morgan fingerprint density at radius 1 is 1.50 bits per heavy atom. The number of hydrogen-bond acceptors (Lipinski definition) is 5. The molecular weight excluding hydrogens is 256 g/mol. The highest BCUT2D eigenvalue weighted by atomic mass is 16.5. The number of hydrogen-bond donors (Lipinski definition) is 2. The normalized spacial score (nSPS) is 17.1. The van der Waals surface area contributed by atoms with Crippen molar-refractivity contribution >= 4 is 11.6 Å². The van der Waals surface area contributed by atoms with Gasteiger partial charge in [0.25, 0.3) is 11.7 Å². The fourth-order valence-electron chi connectivity index (χ4n) is 2.43. The van der Waals surface area contributed by atoms with Gasteiger partial charge in [0.05, 0.1) is 5.92 Å². The molecule has 0 fully saturated rings. The lowest BCUT2D eigenvalue weighted by atomic mass is 9.91. The smallest absolute Gasteiger partial charge is 0.292 e. The molecule has 1 unspecified atom stereocenters.